The van der Waals surface area contributed by atoms with Gasteiger partial charge in [-0.25, -0.2) is 0 Å². The van der Waals surface area contributed by atoms with Gasteiger partial charge in [-0.3, -0.25) is 5.32 Å². The lowest BCUT2D eigenvalue weighted by Crippen LogP contribution is -2.39. The third kappa shape index (κ3) is 3.68. The number of nitrogens with one attached hydrogen (secondary N) is 2. The molecule has 3 heteroatoms. The molecule has 3 aromatic rings. The number of hydrogen-bond donors (Lipinski definition) is 2. The standard InChI is InChI=1S/C22H19BrN2/c23-19-13-11-17(12-14-19)21-15-20(16-7-3-1-4-8-16)24-22(25-21)18-9-5-2-6-10-18/h1-15,20,22,24-25H. The number of halogens is 1. The second kappa shape index (κ2) is 7.26. The first kappa shape index (κ1) is 16.1. The van der Waals surface area contributed by atoms with Gasteiger partial charge in [0.1, 0.15) is 6.17 Å². The molecule has 1 heterocycles. The van der Waals surface area contributed by atoms with Crippen molar-refractivity contribution in [2.75, 3.05) is 0 Å². The molecule has 4 rings (SSSR count). The van der Waals surface area contributed by atoms with Gasteiger partial charge in [-0.05, 0) is 34.9 Å². The zero-order valence-corrected chi connectivity index (χ0v) is 15.3. The lowest BCUT2D eigenvalue weighted by molar-refractivity contribution is 0.442. The molecule has 0 aromatic heterocycles. The van der Waals surface area contributed by atoms with Crippen molar-refractivity contribution in [3.05, 3.63) is 112 Å². The van der Waals surface area contributed by atoms with Gasteiger partial charge in [0.05, 0.1) is 6.04 Å². The molecule has 124 valence electrons. The minimum atomic E-state index is 0.0649. The van der Waals surface area contributed by atoms with Crippen molar-refractivity contribution in [2.45, 2.75) is 12.2 Å². The topological polar surface area (TPSA) is 24.1 Å². The van der Waals surface area contributed by atoms with E-state index in [4.69, 9.17) is 0 Å². The summed E-state index contributed by atoms with van der Waals surface area (Å²) in [5.74, 6) is 0. The van der Waals surface area contributed by atoms with Crippen LogP contribution in [0.5, 0.6) is 0 Å². The van der Waals surface area contributed by atoms with Crippen molar-refractivity contribution < 1.29 is 0 Å². The highest BCUT2D eigenvalue weighted by molar-refractivity contribution is 9.10. The minimum Gasteiger partial charge on any atom is -0.366 e. The molecule has 0 amide bonds. The van der Waals surface area contributed by atoms with Gasteiger partial charge in [-0.15, -0.1) is 0 Å². The molecule has 2 N–H and O–H groups in total. The van der Waals surface area contributed by atoms with Crippen molar-refractivity contribution in [1.82, 2.24) is 10.6 Å². The Morgan fingerprint density at radius 1 is 0.680 bits per heavy atom. The van der Waals surface area contributed by atoms with Crippen LogP contribution in [0, 0.1) is 0 Å². The van der Waals surface area contributed by atoms with Crippen LogP contribution in [0.1, 0.15) is 28.9 Å². The summed E-state index contributed by atoms with van der Waals surface area (Å²) in [6, 6.07) is 29.7. The summed E-state index contributed by atoms with van der Waals surface area (Å²) in [6.45, 7) is 0. The van der Waals surface area contributed by atoms with Gasteiger partial charge in [0.2, 0.25) is 0 Å². The Hall–Kier alpha value is -2.36. The van der Waals surface area contributed by atoms with E-state index in [0.29, 0.717) is 0 Å². The summed E-state index contributed by atoms with van der Waals surface area (Å²) in [5.41, 5.74) is 4.83. The van der Waals surface area contributed by atoms with Crippen molar-refractivity contribution in [2.24, 2.45) is 0 Å². The molecule has 2 atom stereocenters. The number of benzene rings is 3. The molecular weight excluding hydrogens is 372 g/mol. The summed E-state index contributed by atoms with van der Waals surface area (Å²) < 4.78 is 1.09. The zero-order valence-electron chi connectivity index (χ0n) is 13.7. The van der Waals surface area contributed by atoms with Gasteiger partial charge in [-0.2, -0.15) is 0 Å². The van der Waals surface area contributed by atoms with Gasteiger partial charge in [0, 0.05) is 10.2 Å². The fourth-order valence-electron chi connectivity index (χ4n) is 3.13. The van der Waals surface area contributed by atoms with Crippen LogP contribution in [-0.4, -0.2) is 0 Å². The van der Waals surface area contributed by atoms with E-state index in [2.05, 4.69) is 112 Å². The van der Waals surface area contributed by atoms with Crippen LogP contribution in [-0.2, 0) is 0 Å². The maximum absolute atomic E-state index is 3.70. The molecule has 1 aliphatic heterocycles. The van der Waals surface area contributed by atoms with Gasteiger partial charge < -0.3 is 5.32 Å². The van der Waals surface area contributed by atoms with E-state index in [1.165, 1.54) is 16.7 Å². The Labute approximate surface area is 156 Å². The molecule has 0 fully saturated rings. The molecule has 2 nitrogen and oxygen atoms in total. The monoisotopic (exact) mass is 390 g/mol. The van der Waals surface area contributed by atoms with Crippen molar-refractivity contribution in [3.63, 3.8) is 0 Å². The van der Waals surface area contributed by atoms with E-state index in [1.807, 2.05) is 6.07 Å². The van der Waals surface area contributed by atoms with Crippen molar-refractivity contribution >= 4 is 21.6 Å². The first-order chi connectivity index (χ1) is 12.3. The highest BCUT2D eigenvalue weighted by Gasteiger charge is 2.23. The average Bonchev–Trinajstić information content (AvgIpc) is 2.69. The second-order valence-corrected chi connectivity index (χ2v) is 7.05. The van der Waals surface area contributed by atoms with Crippen LogP contribution >= 0.6 is 15.9 Å². The molecule has 0 saturated carbocycles. The SMILES string of the molecule is Brc1ccc(C2=CC(c3ccccc3)NC(c3ccccc3)N2)cc1. The van der Waals surface area contributed by atoms with Gasteiger partial charge in [0.15, 0.2) is 0 Å². The van der Waals surface area contributed by atoms with Crippen LogP contribution in [0.15, 0.2) is 95.5 Å². The van der Waals surface area contributed by atoms with E-state index < -0.39 is 0 Å². The average molecular weight is 391 g/mol. The van der Waals surface area contributed by atoms with Crippen LogP contribution in [0.4, 0.5) is 0 Å². The largest absolute Gasteiger partial charge is 0.366 e. The van der Waals surface area contributed by atoms with Gasteiger partial charge in [0.25, 0.3) is 0 Å². The Kier molecular flexibility index (Phi) is 4.68. The summed E-state index contributed by atoms with van der Waals surface area (Å²) in [4.78, 5) is 0. The van der Waals surface area contributed by atoms with E-state index in [9.17, 15) is 0 Å². The maximum atomic E-state index is 3.70. The first-order valence-electron chi connectivity index (χ1n) is 8.40. The third-order valence-electron chi connectivity index (χ3n) is 4.43. The minimum absolute atomic E-state index is 0.0649. The number of rotatable bonds is 3. The Morgan fingerprint density at radius 2 is 1.28 bits per heavy atom. The van der Waals surface area contributed by atoms with Crippen molar-refractivity contribution in [3.8, 4) is 0 Å². The molecular formula is C22H19BrN2. The summed E-state index contributed by atoms with van der Waals surface area (Å²) in [7, 11) is 0. The molecule has 0 radical (unpaired) electrons. The normalized spacial score (nSPS) is 19.8. The Balaban J connectivity index is 1.73. The first-order valence-corrected chi connectivity index (χ1v) is 9.19. The summed E-state index contributed by atoms with van der Waals surface area (Å²) in [6.07, 6.45) is 2.33. The van der Waals surface area contributed by atoms with E-state index in [-0.39, 0.29) is 12.2 Å². The van der Waals surface area contributed by atoms with Gasteiger partial charge >= 0.3 is 0 Å². The molecule has 2 unspecified atom stereocenters. The molecule has 0 saturated heterocycles. The van der Waals surface area contributed by atoms with E-state index in [1.54, 1.807) is 0 Å². The molecule has 0 bridgehead atoms. The quantitative estimate of drug-likeness (QED) is 0.623. The molecule has 0 spiro atoms. The predicted octanol–water partition coefficient (Wildman–Crippen LogP) is 5.42. The van der Waals surface area contributed by atoms with Gasteiger partial charge in [-0.1, -0.05) is 88.7 Å². The molecule has 25 heavy (non-hydrogen) atoms. The second-order valence-electron chi connectivity index (χ2n) is 6.13. The summed E-state index contributed by atoms with van der Waals surface area (Å²) >= 11 is 3.51. The van der Waals surface area contributed by atoms with E-state index in [0.717, 1.165) is 10.2 Å². The fraction of sp³-hybridized carbons (Fsp3) is 0.0909. The highest BCUT2D eigenvalue weighted by atomic mass is 79.9. The van der Waals surface area contributed by atoms with Crippen LogP contribution in [0.2, 0.25) is 0 Å². The lowest BCUT2D eigenvalue weighted by Gasteiger charge is -2.33. The number of hydrogen-bond acceptors (Lipinski definition) is 2. The molecule has 0 aliphatic carbocycles. The van der Waals surface area contributed by atoms with Crippen LogP contribution in [0.3, 0.4) is 0 Å². The van der Waals surface area contributed by atoms with Crippen LogP contribution < -0.4 is 10.6 Å². The molecule has 1 aliphatic rings. The smallest absolute Gasteiger partial charge is 0.104 e. The van der Waals surface area contributed by atoms with Crippen molar-refractivity contribution in [1.29, 1.82) is 0 Å². The highest BCUT2D eigenvalue weighted by Crippen LogP contribution is 2.29. The summed E-state index contributed by atoms with van der Waals surface area (Å²) in [5, 5.41) is 7.34. The lowest BCUT2D eigenvalue weighted by atomic mass is 9.98. The predicted molar refractivity (Wildman–Crippen MR) is 107 cm³/mol. The van der Waals surface area contributed by atoms with Crippen LogP contribution in [0.25, 0.3) is 5.70 Å². The fourth-order valence-corrected chi connectivity index (χ4v) is 3.39. The van der Waals surface area contributed by atoms with E-state index >= 15 is 0 Å². The Bertz CT molecular complexity index is 858. The Morgan fingerprint density at radius 3 is 1.92 bits per heavy atom. The third-order valence-corrected chi connectivity index (χ3v) is 4.95. The maximum Gasteiger partial charge on any atom is 0.104 e. The molecule has 3 aromatic carbocycles. The zero-order chi connectivity index (χ0) is 17.1.